The van der Waals surface area contributed by atoms with Crippen molar-refractivity contribution < 1.29 is 4.39 Å². The monoisotopic (exact) mass is 178 g/mol. The molecule has 0 heterocycles. The first-order valence-electron chi connectivity index (χ1n) is 2.72. The van der Waals surface area contributed by atoms with Gasteiger partial charge < -0.3 is 0 Å². The van der Waals surface area contributed by atoms with Crippen LogP contribution in [0.15, 0.2) is 12.1 Å². The Hall–Kier alpha value is -0.270. The van der Waals surface area contributed by atoms with E-state index in [1.807, 2.05) is 0 Å². The molecule has 0 radical (unpaired) electrons. The maximum Gasteiger partial charge on any atom is 0.125 e. The van der Waals surface area contributed by atoms with E-state index >= 15 is 0 Å². The van der Waals surface area contributed by atoms with Gasteiger partial charge in [-0.15, -0.1) is 0 Å². The molecule has 10 heavy (non-hydrogen) atoms. The number of benzene rings is 1. The summed E-state index contributed by atoms with van der Waals surface area (Å²) >= 11 is 11.2. The van der Waals surface area contributed by atoms with Crippen LogP contribution in [0.4, 0.5) is 4.39 Å². The Labute approximate surface area is 68.6 Å². The van der Waals surface area contributed by atoms with E-state index in [9.17, 15) is 4.39 Å². The summed E-state index contributed by atoms with van der Waals surface area (Å²) in [6.07, 6.45) is 0. The van der Waals surface area contributed by atoms with Gasteiger partial charge in [0.1, 0.15) is 5.82 Å². The number of rotatable bonds is 0. The molecule has 54 valence electrons. The van der Waals surface area contributed by atoms with E-state index < -0.39 is 0 Å². The topological polar surface area (TPSA) is 0 Å². The Bertz CT molecular complexity index is 235. The number of hydrogen-bond donors (Lipinski definition) is 0. The van der Waals surface area contributed by atoms with Crippen LogP contribution in [-0.4, -0.2) is 0 Å². The van der Waals surface area contributed by atoms with Crippen molar-refractivity contribution in [3.05, 3.63) is 33.6 Å². The predicted octanol–water partition coefficient (Wildman–Crippen LogP) is 3.44. The van der Waals surface area contributed by atoms with Crippen molar-refractivity contribution >= 4 is 23.2 Å². The zero-order valence-electron chi connectivity index (χ0n) is 5.29. The smallest absolute Gasteiger partial charge is 0.125 e. The highest BCUT2D eigenvalue weighted by molar-refractivity contribution is 6.42. The molecule has 0 N–H and O–H groups in total. The van der Waals surface area contributed by atoms with E-state index in [0.29, 0.717) is 10.6 Å². The largest absolute Gasteiger partial charge is 0.207 e. The fraction of sp³-hybridized carbons (Fsp3) is 0.143. The van der Waals surface area contributed by atoms with Crippen molar-refractivity contribution in [2.75, 3.05) is 0 Å². The fourth-order valence-corrected chi connectivity index (χ4v) is 1.05. The zero-order chi connectivity index (χ0) is 7.72. The fourth-order valence-electron chi connectivity index (χ4n) is 0.685. The minimum absolute atomic E-state index is 0.263. The van der Waals surface area contributed by atoms with E-state index in [-0.39, 0.29) is 10.8 Å². The quantitative estimate of drug-likeness (QED) is 0.535. The second-order valence-corrected chi connectivity index (χ2v) is 2.80. The molecule has 0 unspecified atom stereocenters. The molecule has 0 amide bonds. The molecule has 0 nitrogen and oxygen atoms in total. The van der Waals surface area contributed by atoms with Gasteiger partial charge in [0, 0.05) is 0 Å². The van der Waals surface area contributed by atoms with Gasteiger partial charge in [-0.05, 0) is 24.6 Å². The van der Waals surface area contributed by atoms with E-state index in [1.165, 1.54) is 12.1 Å². The highest BCUT2D eigenvalue weighted by Gasteiger charge is 2.02. The number of halogens is 3. The van der Waals surface area contributed by atoms with Gasteiger partial charge in [-0.1, -0.05) is 23.2 Å². The van der Waals surface area contributed by atoms with Crippen LogP contribution in [0.3, 0.4) is 0 Å². The number of hydrogen-bond acceptors (Lipinski definition) is 0. The molecule has 0 aliphatic carbocycles. The van der Waals surface area contributed by atoms with E-state index in [0.717, 1.165) is 0 Å². The van der Waals surface area contributed by atoms with Crippen molar-refractivity contribution in [2.24, 2.45) is 0 Å². The molecular weight excluding hydrogens is 174 g/mol. The Kier molecular flexibility index (Phi) is 2.17. The zero-order valence-corrected chi connectivity index (χ0v) is 6.80. The van der Waals surface area contributed by atoms with E-state index in [2.05, 4.69) is 0 Å². The molecule has 0 aromatic heterocycles. The van der Waals surface area contributed by atoms with Crippen molar-refractivity contribution in [3.63, 3.8) is 0 Å². The summed E-state index contributed by atoms with van der Waals surface area (Å²) in [6, 6.07) is 2.53. The molecule has 1 aromatic rings. The van der Waals surface area contributed by atoms with Gasteiger partial charge >= 0.3 is 0 Å². The number of aryl methyl sites for hydroxylation is 1. The maximum atomic E-state index is 12.5. The lowest BCUT2D eigenvalue weighted by Crippen LogP contribution is -1.79. The van der Waals surface area contributed by atoms with Gasteiger partial charge in [-0.2, -0.15) is 0 Å². The van der Waals surface area contributed by atoms with Crippen molar-refractivity contribution in [3.8, 4) is 0 Å². The van der Waals surface area contributed by atoms with Crippen LogP contribution in [0, 0.1) is 12.7 Å². The summed E-state index contributed by atoms with van der Waals surface area (Å²) in [7, 11) is 0. The van der Waals surface area contributed by atoms with Gasteiger partial charge in [-0.25, -0.2) is 4.39 Å². The maximum absolute atomic E-state index is 12.5. The Morgan fingerprint density at radius 2 is 1.90 bits per heavy atom. The average molecular weight is 179 g/mol. The molecular formula is C7H5Cl2F. The first-order valence-corrected chi connectivity index (χ1v) is 3.48. The standard InChI is InChI=1S/C7H5Cl2F/c1-4-2-5(10)3-6(8)7(4)9/h2-3H,1H3. The molecule has 0 aliphatic heterocycles. The molecule has 0 saturated heterocycles. The Morgan fingerprint density at radius 3 is 2.40 bits per heavy atom. The van der Waals surface area contributed by atoms with E-state index in [4.69, 9.17) is 23.2 Å². The van der Waals surface area contributed by atoms with Gasteiger partial charge in [0.15, 0.2) is 0 Å². The van der Waals surface area contributed by atoms with Crippen molar-refractivity contribution in [1.82, 2.24) is 0 Å². The highest BCUT2D eigenvalue weighted by Crippen LogP contribution is 2.25. The summed E-state index contributed by atoms with van der Waals surface area (Å²) in [5, 5.41) is 0.683. The summed E-state index contributed by atoms with van der Waals surface area (Å²) in [5.41, 5.74) is 0.659. The minimum atomic E-state index is -0.355. The SMILES string of the molecule is Cc1cc(F)cc(Cl)c1Cl. The highest BCUT2D eigenvalue weighted by atomic mass is 35.5. The summed E-state index contributed by atoms with van der Waals surface area (Å²) < 4.78 is 12.5. The Balaban J connectivity index is 3.31. The minimum Gasteiger partial charge on any atom is -0.207 e. The summed E-state index contributed by atoms with van der Waals surface area (Å²) in [6.45, 7) is 1.71. The molecule has 0 spiro atoms. The third kappa shape index (κ3) is 1.41. The van der Waals surface area contributed by atoms with Crippen LogP contribution in [0.25, 0.3) is 0 Å². The third-order valence-corrected chi connectivity index (χ3v) is 2.07. The first-order chi connectivity index (χ1) is 4.61. The van der Waals surface area contributed by atoms with E-state index in [1.54, 1.807) is 6.92 Å². The Morgan fingerprint density at radius 1 is 1.30 bits per heavy atom. The lowest BCUT2D eigenvalue weighted by molar-refractivity contribution is 0.627. The molecule has 0 bridgehead atoms. The molecule has 3 heteroatoms. The van der Waals surface area contributed by atoms with Gasteiger partial charge in [0.25, 0.3) is 0 Å². The van der Waals surface area contributed by atoms with Crippen LogP contribution in [-0.2, 0) is 0 Å². The second kappa shape index (κ2) is 2.77. The molecule has 0 fully saturated rings. The summed E-state index contributed by atoms with van der Waals surface area (Å²) in [4.78, 5) is 0. The normalized spacial score (nSPS) is 10.0. The molecule has 0 atom stereocenters. The van der Waals surface area contributed by atoms with Crippen LogP contribution >= 0.6 is 23.2 Å². The van der Waals surface area contributed by atoms with Crippen molar-refractivity contribution in [2.45, 2.75) is 6.92 Å². The van der Waals surface area contributed by atoms with Gasteiger partial charge in [0.05, 0.1) is 10.0 Å². The van der Waals surface area contributed by atoms with Crippen LogP contribution < -0.4 is 0 Å². The predicted molar refractivity (Wildman–Crippen MR) is 41.2 cm³/mol. The van der Waals surface area contributed by atoms with Gasteiger partial charge in [-0.3, -0.25) is 0 Å². The van der Waals surface area contributed by atoms with Crippen LogP contribution in [0.2, 0.25) is 10.0 Å². The van der Waals surface area contributed by atoms with Crippen LogP contribution in [0.1, 0.15) is 5.56 Å². The molecule has 1 aromatic carbocycles. The van der Waals surface area contributed by atoms with Gasteiger partial charge in [0.2, 0.25) is 0 Å². The van der Waals surface area contributed by atoms with Crippen LogP contribution in [0.5, 0.6) is 0 Å². The molecule has 1 rings (SSSR count). The first kappa shape index (κ1) is 7.83. The van der Waals surface area contributed by atoms with Crippen molar-refractivity contribution in [1.29, 1.82) is 0 Å². The lowest BCUT2D eigenvalue weighted by Gasteiger charge is -1.98. The lowest BCUT2D eigenvalue weighted by atomic mass is 10.2. The molecule has 0 saturated carbocycles. The average Bonchev–Trinajstić information content (AvgIpc) is 1.82. The summed E-state index contributed by atoms with van der Waals surface area (Å²) in [5.74, 6) is -0.355. The molecule has 0 aliphatic rings. The third-order valence-electron chi connectivity index (χ3n) is 1.17. The second-order valence-electron chi connectivity index (χ2n) is 2.02.